The van der Waals surface area contributed by atoms with Crippen LogP contribution >= 0.6 is 0 Å². The lowest BCUT2D eigenvalue weighted by Gasteiger charge is -2.31. The number of nitrogens with zero attached hydrogens (tertiary/aromatic N) is 1. The molecule has 3 rings (SSSR count). The van der Waals surface area contributed by atoms with E-state index in [1.807, 2.05) is 24.3 Å². The van der Waals surface area contributed by atoms with Crippen molar-refractivity contribution in [2.45, 2.75) is 31.4 Å². The first-order valence-electron chi connectivity index (χ1n) is 7.17. The first-order valence-corrected chi connectivity index (χ1v) is 7.17. The molecular formula is C15H18N2O4. The molecule has 1 saturated carbocycles. The molecule has 0 aromatic heterocycles. The summed E-state index contributed by atoms with van der Waals surface area (Å²) in [5.74, 6) is -0.349. The molecule has 1 fully saturated rings. The van der Waals surface area contributed by atoms with Crippen molar-refractivity contribution in [3.8, 4) is 5.75 Å². The molecule has 1 aliphatic heterocycles. The summed E-state index contributed by atoms with van der Waals surface area (Å²) in [7, 11) is 0. The summed E-state index contributed by atoms with van der Waals surface area (Å²) in [4.78, 5) is 25.0. The van der Waals surface area contributed by atoms with E-state index in [4.69, 9.17) is 9.84 Å². The first kappa shape index (κ1) is 13.7. The Morgan fingerprint density at radius 3 is 2.81 bits per heavy atom. The van der Waals surface area contributed by atoms with Gasteiger partial charge in [-0.3, -0.25) is 9.59 Å². The van der Waals surface area contributed by atoms with E-state index in [-0.39, 0.29) is 24.9 Å². The monoisotopic (exact) mass is 290 g/mol. The summed E-state index contributed by atoms with van der Waals surface area (Å²) in [5, 5.41) is 12.0. The average Bonchev–Trinajstić information content (AvgIpc) is 3.31. The number of carboxylic acid groups (broad SMARTS) is 1. The topological polar surface area (TPSA) is 78.9 Å². The molecule has 1 aromatic carbocycles. The van der Waals surface area contributed by atoms with Crippen LogP contribution in [0.15, 0.2) is 24.3 Å². The number of hydrogen-bond acceptors (Lipinski definition) is 4. The van der Waals surface area contributed by atoms with E-state index in [9.17, 15) is 9.59 Å². The Kier molecular flexibility index (Phi) is 3.68. The van der Waals surface area contributed by atoms with Gasteiger partial charge in [-0.1, -0.05) is 12.1 Å². The highest BCUT2D eigenvalue weighted by molar-refractivity contribution is 5.84. The third kappa shape index (κ3) is 3.09. The van der Waals surface area contributed by atoms with Crippen LogP contribution in [-0.4, -0.2) is 47.1 Å². The second-order valence-electron chi connectivity index (χ2n) is 5.39. The van der Waals surface area contributed by atoms with Crippen molar-refractivity contribution in [1.82, 2.24) is 4.90 Å². The SMILES string of the molecule is O=C(O)CCN(C(=O)C1CNc2ccccc2O1)C1CC1. The van der Waals surface area contributed by atoms with E-state index >= 15 is 0 Å². The van der Waals surface area contributed by atoms with Gasteiger partial charge in [0, 0.05) is 12.6 Å². The van der Waals surface area contributed by atoms with E-state index in [2.05, 4.69) is 5.32 Å². The average molecular weight is 290 g/mol. The number of nitrogens with one attached hydrogen (secondary N) is 1. The number of aliphatic carboxylic acids is 1. The lowest BCUT2D eigenvalue weighted by Crippen LogP contribution is -2.48. The third-order valence-electron chi connectivity index (χ3n) is 3.75. The summed E-state index contributed by atoms with van der Waals surface area (Å²) in [5.41, 5.74) is 0.880. The van der Waals surface area contributed by atoms with Crippen molar-refractivity contribution >= 4 is 17.6 Å². The molecular weight excluding hydrogens is 272 g/mol. The number of carbonyl (C=O) groups is 2. The minimum atomic E-state index is -0.888. The van der Waals surface area contributed by atoms with Crippen LogP contribution in [0.4, 0.5) is 5.69 Å². The number of amides is 1. The highest BCUT2D eigenvalue weighted by atomic mass is 16.5. The van der Waals surface area contributed by atoms with Gasteiger partial charge in [0.25, 0.3) is 5.91 Å². The number of rotatable bonds is 5. The van der Waals surface area contributed by atoms with Crippen molar-refractivity contribution in [1.29, 1.82) is 0 Å². The number of carbonyl (C=O) groups excluding carboxylic acids is 1. The Bertz CT molecular complexity index is 556. The van der Waals surface area contributed by atoms with Crippen molar-refractivity contribution in [3.05, 3.63) is 24.3 Å². The Balaban J connectivity index is 1.68. The number of benzene rings is 1. The van der Waals surface area contributed by atoms with E-state index in [0.29, 0.717) is 12.3 Å². The molecule has 0 spiro atoms. The van der Waals surface area contributed by atoms with Crippen LogP contribution in [0.1, 0.15) is 19.3 Å². The number of para-hydroxylation sites is 2. The van der Waals surface area contributed by atoms with Crippen molar-refractivity contribution in [3.63, 3.8) is 0 Å². The molecule has 1 heterocycles. The Morgan fingerprint density at radius 2 is 2.10 bits per heavy atom. The summed E-state index contributed by atoms with van der Waals surface area (Å²) < 4.78 is 5.76. The van der Waals surface area contributed by atoms with E-state index in [1.165, 1.54) is 0 Å². The van der Waals surface area contributed by atoms with Gasteiger partial charge in [0.15, 0.2) is 6.10 Å². The Hall–Kier alpha value is -2.24. The van der Waals surface area contributed by atoms with Crippen LogP contribution in [0.25, 0.3) is 0 Å². The zero-order chi connectivity index (χ0) is 14.8. The summed E-state index contributed by atoms with van der Waals surface area (Å²) in [6.45, 7) is 0.659. The van der Waals surface area contributed by atoms with Gasteiger partial charge in [-0.05, 0) is 25.0 Å². The molecule has 6 heteroatoms. The molecule has 0 saturated heterocycles. The molecule has 1 aromatic rings. The Labute approximate surface area is 122 Å². The number of anilines is 1. The van der Waals surface area contributed by atoms with Crippen LogP contribution in [0.2, 0.25) is 0 Å². The van der Waals surface area contributed by atoms with E-state index in [0.717, 1.165) is 18.5 Å². The molecule has 2 aliphatic rings. The highest BCUT2D eigenvalue weighted by Gasteiger charge is 2.37. The molecule has 21 heavy (non-hydrogen) atoms. The molecule has 112 valence electrons. The van der Waals surface area contributed by atoms with Crippen LogP contribution in [0, 0.1) is 0 Å². The maximum atomic E-state index is 12.6. The van der Waals surface area contributed by atoms with Gasteiger partial charge < -0.3 is 20.1 Å². The fourth-order valence-corrected chi connectivity index (χ4v) is 2.51. The highest BCUT2D eigenvalue weighted by Crippen LogP contribution is 2.31. The molecule has 0 radical (unpaired) electrons. The third-order valence-corrected chi connectivity index (χ3v) is 3.75. The lowest BCUT2D eigenvalue weighted by atomic mass is 10.2. The summed E-state index contributed by atoms with van der Waals surface area (Å²) >= 11 is 0. The molecule has 0 bridgehead atoms. The zero-order valence-corrected chi connectivity index (χ0v) is 11.6. The zero-order valence-electron chi connectivity index (χ0n) is 11.6. The summed E-state index contributed by atoms with van der Waals surface area (Å²) in [6, 6.07) is 7.66. The predicted molar refractivity (Wildman–Crippen MR) is 76.3 cm³/mol. The maximum Gasteiger partial charge on any atom is 0.305 e. The number of ether oxygens (including phenoxy) is 1. The minimum Gasteiger partial charge on any atom is -0.481 e. The standard InChI is InChI=1S/C15H18N2O4/c18-14(19)7-8-17(10-5-6-10)15(20)13-9-16-11-3-1-2-4-12(11)21-13/h1-4,10,13,16H,5-9H2,(H,18,19). The van der Waals surface area contributed by atoms with Gasteiger partial charge in [0.05, 0.1) is 18.7 Å². The second kappa shape index (κ2) is 5.63. The predicted octanol–water partition coefficient (Wildman–Crippen LogP) is 1.33. The van der Waals surface area contributed by atoms with Crippen molar-refractivity contribution in [2.75, 3.05) is 18.4 Å². The van der Waals surface area contributed by atoms with Crippen LogP contribution < -0.4 is 10.1 Å². The quantitative estimate of drug-likeness (QED) is 0.855. The second-order valence-corrected chi connectivity index (χ2v) is 5.39. The molecule has 1 amide bonds. The van der Waals surface area contributed by atoms with Gasteiger partial charge in [-0.2, -0.15) is 0 Å². The summed E-state index contributed by atoms with van der Waals surface area (Å²) in [6.07, 6.45) is 1.28. The largest absolute Gasteiger partial charge is 0.481 e. The molecule has 2 N–H and O–H groups in total. The van der Waals surface area contributed by atoms with Gasteiger partial charge in [0.1, 0.15) is 5.75 Å². The van der Waals surface area contributed by atoms with Crippen molar-refractivity contribution in [2.24, 2.45) is 0 Å². The lowest BCUT2D eigenvalue weighted by molar-refractivity contribution is -0.141. The van der Waals surface area contributed by atoms with Gasteiger partial charge >= 0.3 is 5.97 Å². The van der Waals surface area contributed by atoms with Crippen LogP contribution in [0.3, 0.4) is 0 Å². The van der Waals surface area contributed by atoms with Crippen LogP contribution in [0.5, 0.6) is 5.75 Å². The van der Waals surface area contributed by atoms with E-state index < -0.39 is 12.1 Å². The van der Waals surface area contributed by atoms with Crippen molar-refractivity contribution < 1.29 is 19.4 Å². The normalized spacial score (nSPS) is 19.9. The van der Waals surface area contributed by atoms with Gasteiger partial charge in [-0.15, -0.1) is 0 Å². The molecule has 1 unspecified atom stereocenters. The minimum absolute atomic E-state index is 0.0288. The number of fused-ring (bicyclic) bond motifs is 1. The molecule has 1 aliphatic carbocycles. The fraction of sp³-hybridized carbons (Fsp3) is 0.467. The maximum absolute atomic E-state index is 12.6. The van der Waals surface area contributed by atoms with Gasteiger partial charge in [-0.25, -0.2) is 0 Å². The number of carboxylic acids is 1. The first-order chi connectivity index (χ1) is 10.1. The number of hydrogen-bond donors (Lipinski definition) is 2. The Morgan fingerprint density at radius 1 is 1.33 bits per heavy atom. The molecule has 6 nitrogen and oxygen atoms in total. The van der Waals surface area contributed by atoms with Gasteiger partial charge in [0.2, 0.25) is 0 Å². The fourth-order valence-electron chi connectivity index (χ4n) is 2.51. The smallest absolute Gasteiger partial charge is 0.305 e. The van der Waals surface area contributed by atoms with E-state index in [1.54, 1.807) is 4.90 Å². The van der Waals surface area contributed by atoms with Crippen LogP contribution in [-0.2, 0) is 9.59 Å². The molecule has 1 atom stereocenters.